The van der Waals surface area contributed by atoms with Crippen LogP contribution in [0.2, 0.25) is 0 Å². The third-order valence-corrected chi connectivity index (χ3v) is 3.88. The molecule has 24 heavy (non-hydrogen) atoms. The fraction of sp³-hybridized carbons (Fsp3) is 0. The molecular formula is C20H13NO3. The van der Waals surface area contributed by atoms with Gasteiger partial charge in [-0.2, -0.15) is 0 Å². The number of aromatic nitrogens is 1. The molecule has 1 aromatic heterocycles. The Bertz CT molecular complexity index is 1040. The monoisotopic (exact) mass is 315 g/mol. The lowest BCUT2D eigenvalue weighted by Gasteiger charge is -2.00. The predicted octanol–water partition coefficient (Wildman–Crippen LogP) is 4.86. The first-order valence-electron chi connectivity index (χ1n) is 7.51. The van der Waals surface area contributed by atoms with Crippen LogP contribution in [0.25, 0.3) is 33.7 Å². The molecule has 116 valence electrons. The molecule has 0 spiro atoms. The van der Waals surface area contributed by atoms with Gasteiger partial charge in [0.15, 0.2) is 5.58 Å². The second-order valence-corrected chi connectivity index (χ2v) is 5.42. The molecule has 4 nitrogen and oxygen atoms in total. The van der Waals surface area contributed by atoms with Crippen molar-refractivity contribution in [3.8, 4) is 22.6 Å². The molecule has 0 saturated heterocycles. The number of benzene rings is 3. The van der Waals surface area contributed by atoms with E-state index < -0.39 is 5.97 Å². The highest BCUT2D eigenvalue weighted by Gasteiger charge is 2.16. The van der Waals surface area contributed by atoms with E-state index in [9.17, 15) is 9.90 Å². The minimum absolute atomic E-state index is 0.173. The number of oxazole rings is 1. The summed E-state index contributed by atoms with van der Waals surface area (Å²) in [7, 11) is 0. The van der Waals surface area contributed by atoms with Gasteiger partial charge >= 0.3 is 5.97 Å². The first kappa shape index (κ1) is 14.2. The van der Waals surface area contributed by atoms with Crippen LogP contribution in [-0.2, 0) is 0 Å². The average Bonchev–Trinajstić information content (AvgIpc) is 3.05. The Morgan fingerprint density at radius 3 is 2.42 bits per heavy atom. The van der Waals surface area contributed by atoms with E-state index in [0.29, 0.717) is 22.6 Å². The van der Waals surface area contributed by atoms with Crippen molar-refractivity contribution in [1.82, 2.24) is 4.98 Å². The molecule has 0 amide bonds. The van der Waals surface area contributed by atoms with E-state index in [1.54, 1.807) is 24.3 Å². The van der Waals surface area contributed by atoms with Gasteiger partial charge in [0.25, 0.3) is 0 Å². The second kappa shape index (κ2) is 5.66. The van der Waals surface area contributed by atoms with E-state index in [4.69, 9.17) is 4.42 Å². The van der Waals surface area contributed by atoms with Crippen molar-refractivity contribution in [3.63, 3.8) is 0 Å². The first-order chi connectivity index (χ1) is 11.7. The molecular weight excluding hydrogens is 302 g/mol. The van der Waals surface area contributed by atoms with Gasteiger partial charge < -0.3 is 9.52 Å². The lowest BCUT2D eigenvalue weighted by molar-refractivity contribution is 0.0697. The van der Waals surface area contributed by atoms with E-state index in [0.717, 1.165) is 11.1 Å². The standard InChI is InChI=1S/C20H13NO3/c22-20(23)16-9-5-4-8-15(16)19-21-17-11-10-14(12-18(17)24-19)13-6-2-1-3-7-13/h1-12H,(H,22,23). The van der Waals surface area contributed by atoms with Crippen molar-refractivity contribution in [2.45, 2.75) is 0 Å². The highest BCUT2D eigenvalue weighted by atomic mass is 16.4. The molecule has 4 rings (SSSR count). The number of rotatable bonds is 3. The third kappa shape index (κ3) is 2.44. The van der Waals surface area contributed by atoms with Gasteiger partial charge in [0.05, 0.1) is 11.1 Å². The van der Waals surface area contributed by atoms with Crippen LogP contribution in [0.1, 0.15) is 10.4 Å². The summed E-state index contributed by atoms with van der Waals surface area (Å²) in [6, 6.07) is 22.5. The number of aromatic carboxylic acids is 1. The Morgan fingerprint density at radius 1 is 0.875 bits per heavy atom. The van der Waals surface area contributed by atoms with E-state index in [-0.39, 0.29) is 5.56 Å². The molecule has 0 bridgehead atoms. The van der Waals surface area contributed by atoms with Crippen LogP contribution < -0.4 is 0 Å². The molecule has 0 saturated carbocycles. The summed E-state index contributed by atoms with van der Waals surface area (Å²) >= 11 is 0. The number of fused-ring (bicyclic) bond motifs is 1. The molecule has 0 fully saturated rings. The zero-order valence-corrected chi connectivity index (χ0v) is 12.6. The van der Waals surface area contributed by atoms with Crippen LogP contribution in [0.5, 0.6) is 0 Å². The van der Waals surface area contributed by atoms with E-state index >= 15 is 0 Å². The van der Waals surface area contributed by atoms with Gasteiger partial charge in [0.1, 0.15) is 5.52 Å². The van der Waals surface area contributed by atoms with Gasteiger partial charge in [0.2, 0.25) is 5.89 Å². The summed E-state index contributed by atoms with van der Waals surface area (Å²) in [5, 5.41) is 9.33. The van der Waals surface area contributed by atoms with Gasteiger partial charge in [-0.25, -0.2) is 9.78 Å². The van der Waals surface area contributed by atoms with Crippen molar-refractivity contribution < 1.29 is 14.3 Å². The predicted molar refractivity (Wildman–Crippen MR) is 91.8 cm³/mol. The molecule has 0 unspecified atom stereocenters. The molecule has 4 heteroatoms. The average molecular weight is 315 g/mol. The molecule has 0 aliphatic heterocycles. The number of nitrogens with zero attached hydrogens (tertiary/aromatic N) is 1. The molecule has 1 heterocycles. The number of carbonyl (C=O) groups is 1. The highest BCUT2D eigenvalue weighted by molar-refractivity contribution is 5.95. The van der Waals surface area contributed by atoms with Crippen LogP contribution in [0.4, 0.5) is 0 Å². The number of hydrogen-bond donors (Lipinski definition) is 1. The fourth-order valence-corrected chi connectivity index (χ4v) is 2.71. The zero-order valence-electron chi connectivity index (χ0n) is 12.6. The largest absolute Gasteiger partial charge is 0.478 e. The van der Waals surface area contributed by atoms with Gasteiger partial charge in [-0.3, -0.25) is 0 Å². The van der Waals surface area contributed by atoms with Crippen LogP contribution in [0, 0.1) is 0 Å². The van der Waals surface area contributed by atoms with Crippen molar-refractivity contribution in [2.75, 3.05) is 0 Å². The van der Waals surface area contributed by atoms with Crippen LogP contribution in [0.3, 0.4) is 0 Å². The molecule has 0 aliphatic rings. The number of carboxylic acid groups (broad SMARTS) is 1. The van der Waals surface area contributed by atoms with E-state index in [1.165, 1.54) is 0 Å². The normalized spacial score (nSPS) is 10.8. The fourth-order valence-electron chi connectivity index (χ4n) is 2.71. The minimum Gasteiger partial charge on any atom is -0.478 e. The summed E-state index contributed by atoms with van der Waals surface area (Å²) < 4.78 is 5.83. The highest BCUT2D eigenvalue weighted by Crippen LogP contribution is 2.30. The van der Waals surface area contributed by atoms with Gasteiger partial charge in [0, 0.05) is 0 Å². The smallest absolute Gasteiger partial charge is 0.336 e. The minimum atomic E-state index is -1.00. The SMILES string of the molecule is O=C(O)c1ccccc1-c1nc2ccc(-c3ccccc3)cc2o1. The van der Waals surface area contributed by atoms with Crippen LogP contribution >= 0.6 is 0 Å². The Morgan fingerprint density at radius 2 is 1.62 bits per heavy atom. The van der Waals surface area contributed by atoms with E-state index in [1.807, 2.05) is 48.5 Å². The molecule has 0 aliphatic carbocycles. The Labute approximate surface area is 138 Å². The molecule has 0 atom stereocenters. The zero-order chi connectivity index (χ0) is 16.5. The summed E-state index contributed by atoms with van der Waals surface area (Å²) in [5.41, 5.74) is 4.09. The van der Waals surface area contributed by atoms with Crippen molar-refractivity contribution in [3.05, 3.63) is 78.4 Å². The Balaban J connectivity index is 1.84. The Kier molecular flexibility index (Phi) is 3.35. The van der Waals surface area contributed by atoms with Crippen LogP contribution in [0.15, 0.2) is 77.2 Å². The number of hydrogen-bond acceptors (Lipinski definition) is 3. The summed E-state index contributed by atoms with van der Waals surface area (Å²) in [5.74, 6) is -0.689. The first-order valence-corrected chi connectivity index (χ1v) is 7.51. The molecule has 1 N–H and O–H groups in total. The van der Waals surface area contributed by atoms with Crippen LogP contribution in [-0.4, -0.2) is 16.1 Å². The van der Waals surface area contributed by atoms with Crippen molar-refractivity contribution >= 4 is 17.1 Å². The van der Waals surface area contributed by atoms with E-state index in [2.05, 4.69) is 4.98 Å². The van der Waals surface area contributed by atoms with Gasteiger partial charge in [-0.05, 0) is 35.4 Å². The lowest BCUT2D eigenvalue weighted by atomic mass is 10.1. The maximum Gasteiger partial charge on any atom is 0.336 e. The molecule has 3 aromatic carbocycles. The summed E-state index contributed by atoms with van der Waals surface area (Å²) in [6.07, 6.45) is 0. The Hall–Kier alpha value is -3.40. The summed E-state index contributed by atoms with van der Waals surface area (Å²) in [6.45, 7) is 0. The molecule has 0 radical (unpaired) electrons. The van der Waals surface area contributed by atoms with Gasteiger partial charge in [-0.15, -0.1) is 0 Å². The topological polar surface area (TPSA) is 63.3 Å². The third-order valence-electron chi connectivity index (χ3n) is 3.88. The second-order valence-electron chi connectivity index (χ2n) is 5.42. The quantitative estimate of drug-likeness (QED) is 0.586. The summed E-state index contributed by atoms with van der Waals surface area (Å²) in [4.78, 5) is 15.8. The maximum absolute atomic E-state index is 11.4. The number of carboxylic acids is 1. The van der Waals surface area contributed by atoms with Crippen molar-refractivity contribution in [1.29, 1.82) is 0 Å². The maximum atomic E-state index is 11.4. The van der Waals surface area contributed by atoms with Gasteiger partial charge in [-0.1, -0.05) is 48.5 Å². The molecule has 4 aromatic rings. The van der Waals surface area contributed by atoms with Crippen molar-refractivity contribution in [2.24, 2.45) is 0 Å². The lowest BCUT2D eigenvalue weighted by Crippen LogP contribution is -1.98.